The number of hydrogen-bond acceptors (Lipinski definition) is 4. The van der Waals surface area contributed by atoms with Crippen molar-refractivity contribution in [2.75, 3.05) is 6.54 Å². The Kier molecular flexibility index (Phi) is 7.82. The van der Waals surface area contributed by atoms with Gasteiger partial charge < -0.3 is 14.9 Å². The predicted octanol–water partition coefficient (Wildman–Crippen LogP) is 3.66. The molecular weight excluding hydrogens is 350 g/mol. The quantitative estimate of drug-likeness (QED) is 0.668. The molecule has 0 heterocycles. The normalized spacial score (nSPS) is 12.5. The van der Waals surface area contributed by atoms with E-state index in [1.807, 2.05) is 13.8 Å². The average molecular weight is 379 g/mol. The third-order valence-electron chi connectivity index (χ3n) is 3.87. The standard InChI is InChI=1S/C20H29NO6/c1-13(2)10-11-21(19(25)26)16(17(22)23)12-14-6-8-15(9-7-14)18(24)27-20(3,4)5/h6-9,13,16H,10-12H2,1-5H3,(H,22,23)(H,25,26). The Morgan fingerprint density at radius 2 is 1.63 bits per heavy atom. The molecule has 0 bridgehead atoms. The highest BCUT2D eigenvalue weighted by Crippen LogP contribution is 2.16. The molecule has 0 saturated carbocycles. The summed E-state index contributed by atoms with van der Waals surface area (Å²) in [6.07, 6.45) is -0.657. The number of rotatable bonds is 8. The summed E-state index contributed by atoms with van der Waals surface area (Å²) in [4.78, 5) is 36.2. The second-order valence-electron chi connectivity index (χ2n) is 7.92. The van der Waals surface area contributed by atoms with E-state index in [4.69, 9.17) is 4.74 Å². The molecule has 1 aromatic carbocycles. The first kappa shape index (κ1) is 22.5. The van der Waals surface area contributed by atoms with Gasteiger partial charge in [0.2, 0.25) is 0 Å². The van der Waals surface area contributed by atoms with Crippen molar-refractivity contribution in [3.8, 4) is 0 Å². The molecule has 1 amide bonds. The van der Waals surface area contributed by atoms with Gasteiger partial charge in [-0.15, -0.1) is 0 Å². The highest BCUT2D eigenvalue weighted by molar-refractivity contribution is 5.89. The molecular formula is C20H29NO6. The van der Waals surface area contributed by atoms with Gasteiger partial charge in [-0.05, 0) is 50.8 Å². The Morgan fingerprint density at radius 1 is 1.07 bits per heavy atom. The number of esters is 1. The molecule has 150 valence electrons. The number of carbonyl (C=O) groups is 3. The molecule has 0 aliphatic carbocycles. The zero-order valence-electron chi connectivity index (χ0n) is 16.6. The Morgan fingerprint density at radius 3 is 2.04 bits per heavy atom. The minimum Gasteiger partial charge on any atom is -0.480 e. The van der Waals surface area contributed by atoms with Crippen LogP contribution in [0.25, 0.3) is 0 Å². The van der Waals surface area contributed by atoms with E-state index in [1.54, 1.807) is 45.0 Å². The number of carboxylic acid groups (broad SMARTS) is 2. The van der Waals surface area contributed by atoms with Crippen LogP contribution in [-0.2, 0) is 16.0 Å². The zero-order valence-corrected chi connectivity index (χ0v) is 16.6. The maximum absolute atomic E-state index is 12.0. The summed E-state index contributed by atoms with van der Waals surface area (Å²) in [7, 11) is 0. The van der Waals surface area contributed by atoms with Crippen molar-refractivity contribution in [1.29, 1.82) is 0 Å². The SMILES string of the molecule is CC(C)CCN(C(=O)O)C(Cc1ccc(C(=O)OC(C)(C)C)cc1)C(=O)O. The van der Waals surface area contributed by atoms with E-state index in [1.165, 1.54) is 0 Å². The van der Waals surface area contributed by atoms with Crippen LogP contribution in [0, 0.1) is 5.92 Å². The summed E-state index contributed by atoms with van der Waals surface area (Å²) in [6, 6.07) is 5.17. The zero-order chi connectivity index (χ0) is 20.8. The van der Waals surface area contributed by atoms with Gasteiger partial charge in [-0.2, -0.15) is 0 Å². The van der Waals surface area contributed by atoms with Crippen LogP contribution in [-0.4, -0.2) is 51.3 Å². The van der Waals surface area contributed by atoms with Gasteiger partial charge in [0.15, 0.2) is 0 Å². The van der Waals surface area contributed by atoms with Gasteiger partial charge in [-0.25, -0.2) is 14.4 Å². The molecule has 1 atom stereocenters. The summed E-state index contributed by atoms with van der Waals surface area (Å²) in [5.74, 6) is -1.40. The van der Waals surface area contributed by atoms with Gasteiger partial charge in [0, 0.05) is 13.0 Å². The molecule has 1 unspecified atom stereocenters. The molecule has 7 nitrogen and oxygen atoms in total. The molecule has 7 heteroatoms. The number of benzene rings is 1. The highest BCUT2D eigenvalue weighted by atomic mass is 16.6. The van der Waals surface area contributed by atoms with Crippen molar-refractivity contribution >= 4 is 18.0 Å². The highest BCUT2D eigenvalue weighted by Gasteiger charge is 2.29. The van der Waals surface area contributed by atoms with Gasteiger partial charge in [0.05, 0.1) is 5.56 Å². The second-order valence-corrected chi connectivity index (χ2v) is 7.92. The summed E-state index contributed by atoms with van der Waals surface area (Å²) in [6.45, 7) is 9.37. The van der Waals surface area contributed by atoms with Crippen molar-refractivity contribution in [1.82, 2.24) is 4.90 Å². The predicted molar refractivity (Wildman–Crippen MR) is 101 cm³/mol. The van der Waals surface area contributed by atoms with Crippen LogP contribution in [0.15, 0.2) is 24.3 Å². The van der Waals surface area contributed by atoms with Crippen LogP contribution in [0.3, 0.4) is 0 Å². The second kappa shape index (κ2) is 9.39. The van der Waals surface area contributed by atoms with Gasteiger partial charge in [-0.1, -0.05) is 26.0 Å². The first-order valence-corrected chi connectivity index (χ1v) is 8.95. The summed E-state index contributed by atoms with van der Waals surface area (Å²) in [5, 5.41) is 18.9. The average Bonchev–Trinajstić information content (AvgIpc) is 2.52. The lowest BCUT2D eigenvalue weighted by molar-refractivity contribution is -0.142. The van der Waals surface area contributed by atoms with Gasteiger partial charge >= 0.3 is 18.0 Å². The molecule has 0 fully saturated rings. The van der Waals surface area contributed by atoms with Crippen molar-refractivity contribution in [2.24, 2.45) is 5.92 Å². The van der Waals surface area contributed by atoms with E-state index < -0.39 is 29.7 Å². The summed E-state index contributed by atoms with van der Waals surface area (Å²) < 4.78 is 5.29. The van der Waals surface area contributed by atoms with E-state index >= 15 is 0 Å². The van der Waals surface area contributed by atoms with Gasteiger partial charge in [0.1, 0.15) is 11.6 Å². The Labute approximate surface area is 159 Å². The molecule has 1 aromatic rings. The summed E-state index contributed by atoms with van der Waals surface area (Å²) in [5.41, 5.74) is 0.378. The van der Waals surface area contributed by atoms with Crippen molar-refractivity contribution in [2.45, 2.75) is 59.1 Å². The number of aliphatic carboxylic acids is 1. The lowest BCUT2D eigenvalue weighted by Crippen LogP contribution is -2.46. The van der Waals surface area contributed by atoms with Crippen molar-refractivity contribution in [3.63, 3.8) is 0 Å². The molecule has 0 radical (unpaired) electrons. The fourth-order valence-corrected chi connectivity index (χ4v) is 2.45. The molecule has 2 N–H and O–H groups in total. The number of hydrogen-bond donors (Lipinski definition) is 2. The Hall–Kier alpha value is -2.57. The minimum atomic E-state index is -1.26. The Bertz CT molecular complexity index is 660. The molecule has 0 aromatic heterocycles. The maximum atomic E-state index is 12.0. The number of amides is 1. The third-order valence-corrected chi connectivity index (χ3v) is 3.87. The van der Waals surface area contributed by atoms with E-state index in [0.717, 1.165) is 4.90 Å². The fraction of sp³-hybridized carbons (Fsp3) is 0.550. The van der Waals surface area contributed by atoms with Crippen LogP contribution in [0.4, 0.5) is 4.79 Å². The first-order chi connectivity index (χ1) is 12.4. The molecule has 0 aliphatic rings. The molecule has 0 spiro atoms. The van der Waals surface area contributed by atoms with E-state index in [-0.39, 0.29) is 18.9 Å². The molecule has 0 saturated heterocycles. The minimum absolute atomic E-state index is 0.0221. The monoisotopic (exact) mass is 379 g/mol. The fourth-order valence-electron chi connectivity index (χ4n) is 2.45. The van der Waals surface area contributed by atoms with Crippen LogP contribution < -0.4 is 0 Å². The lowest BCUT2D eigenvalue weighted by atomic mass is 10.0. The Balaban J connectivity index is 2.92. The topological polar surface area (TPSA) is 104 Å². The van der Waals surface area contributed by atoms with E-state index in [0.29, 0.717) is 17.5 Å². The van der Waals surface area contributed by atoms with Crippen LogP contribution >= 0.6 is 0 Å². The third kappa shape index (κ3) is 7.68. The summed E-state index contributed by atoms with van der Waals surface area (Å²) >= 11 is 0. The number of carbonyl (C=O) groups excluding carboxylic acids is 1. The molecule has 0 aliphatic heterocycles. The maximum Gasteiger partial charge on any atom is 0.408 e. The van der Waals surface area contributed by atoms with Gasteiger partial charge in [-0.3, -0.25) is 4.90 Å². The van der Waals surface area contributed by atoms with Crippen LogP contribution in [0.1, 0.15) is 57.0 Å². The molecule has 27 heavy (non-hydrogen) atoms. The van der Waals surface area contributed by atoms with Gasteiger partial charge in [0.25, 0.3) is 0 Å². The smallest absolute Gasteiger partial charge is 0.408 e. The van der Waals surface area contributed by atoms with Crippen molar-refractivity contribution in [3.05, 3.63) is 35.4 Å². The lowest BCUT2D eigenvalue weighted by Gasteiger charge is -2.27. The van der Waals surface area contributed by atoms with E-state index in [9.17, 15) is 24.6 Å². The number of nitrogens with zero attached hydrogens (tertiary/aromatic N) is 1. The largest absolute Gasteiger partial charge is 0.480 e. The molecule has 1 rings (SSSR count). The number of ether oxygens (including phenoxy) is 1. The van der Waals surface area contributed by atoms with E-state index in [2.05, 4.69) is 0 Å². The first-order valence-electron chi connectivity index (χ1n) is 8.95. The van der Waals surface area contributed by atoms with Crippen LogP contribution in [0.2, 0.25) is 0 Å². The van der Waals surface area contributed by atoms with Crippen molar-refractivity contribution < 1.29 is 29.3 Å². The van der Waals surface area contributed by atoms with Crippen LogP contribution in [0.5, 0.6) is 0 Å². The number of carboxylic acids is 1.